The summed E-state index contributed by atoms with van der Waals surface area (Å²) in [6.07, 6.45) is 0. The van der Waals surface area contributed by atoms with Crippen molar-refractivity contribution < 1.29 is 4.84 Å². The Morgan fingerprint density at radius 1 is 1.12 bits per heavy atom. The fourth-order valence-electron chi connectivity index (χ4n) is 1.94. The van der Waals surface area contributed by atoms with Crippen molar-refractivity contribution in [3.8, 4) is 0 Å². The maximum absolute atomic E-state index is 5.30. The van der Waals surface area contributed by atoms with Crippen molar-refractivity contribution >= 4 is 24.0 Å². The molecule has 0 aromatic heterocycles. The van der Waals surface area contributed by atoms with E-state index in [1.54, 1.807) is 7.11 Å². The highest BCUT2D eigenvalue weighted by Gasteiger charge is 2.22. The van der Waals surface area contributed by atoms with Gasteiger partial charge in [0.15, 0.2) is 0 Å². The van der Waals surface area contributed by atoms with Gasteiger partial charge in [-0.1, -0.05) is 30.3 Å². The second-order valence-corrected chi connectivity index (χ2v) is 4.06. The lowest BCUT2D eigenvalue weighted by Gasteiger charge is -2.21. The summed E-state index contributed by atoms with van der Waals surface area (Å²) in [5.41, 5.74) is 3.80. The number of hydrogen-bond donors (Lipinski definition) is 0. The lowest BCUT2D eigenvalue weighted by atomic mass is 10.2. The lowest BCUT2D eigenvalue weighted by molar-refractivity contribution is -0.109. The Morgan fingerprint density at radius 2 is 1.76 bits per heavy atom. The molecular weight excluding hydrogens is 327 g/mol. The van der Waals surface area contributed by atoms with E-state index >= 15 is 0 Å². The fourth-order valence-corrected chi connectivity index (χ4v) is 1.94. The smallest absolute Gasteiger partial charge is 0.116 e. The van der Waals surface area contributed by atoms with Gasteiger partial charge in [-0.25, -0.2) is 5.06 Å². The molecule has 0 N–H and O–H groups in total. The van der Waals surface area contributed by atoms with Crippen LogP contribution in [0.1, 0.15) is 19.4 Å². The van der Waals surface area contributed by atoms with Crippen molar-refractivity contribution in [2.75, 3.05) is 13.8 Å². The molecule has 0 radical (unpaired) electrons. The molecule has 0 saturated heterocycles. The number of hydrogen-bond acceptors (Lipinski definition) is 3. The summed E-state index contributed by atoms with van der Waals surface area (Å²) in [5.74, 6) is 0. The highest BCUT2D eigenvalue weighted by atomic mass is 127. The molecule has 0 unspecified atom stereocenters. The first-order valence-electron chi connectivity index (χ1n) is 5.50. The van der Waals surface area contributed by atoms with Crippen molar-refractivity contribution in [1.82, 2.24) is 9.96 Å². The van der Waals surface area contributed by atoms with Crippen LogP contribution in [0.25, 0.3) is 0 Å². The third kappa shape index (κ3) is 3.13. The highest BCUT2D eigenvalue weighted by molar-refractivity contribution is 14.0. The van der Waals surface area contributed by atoms with Crippen molar-refractivity contribution in [3.63, 3.8) is 0 Å². The van der Waals surface area contributed by atoms with Crippen molar-refractivity contribution in [2.24, 2.45) is 0 Å². The molecule has 94 valence electrons. The number of benzene rings is 1. The van der Waals surface area contributed by atoms with E-state index in [9.17, 15) is 0 Å². The first-order chi connectivity index (χ1) is 7.72. The van der Waals surface area contributed by atoms with Gasteiger partial charge in [0.1, 0.15) is 6.67 Å². The Labute approximate surface area is 120 Å². The molecule has 17 heavy (non-hydrogen) atoms. The summed E-state index contributed by atoms with van der Waals surface area (Å²) in [6.45, 7) is 5.97. The third-order valence-corrected chi connectivity index (χ3v) is 3.11. The van der Waals surface area contributed by atoms with E-state index in [-0.39, 0.29) is 24.0 Å². The zero-order chi connectivity index (χ0) is 11.5. The number of rotatable bonds is 3. The van der Waals surface area contributed by atoms with Gasteiger partial charge in [0, 0.05) is 12.2 Å². The van der Waals surface area contributed by atoms with Gasteiger partial charge in [-0.2, -0.15) is 0 Å². The zero-order valence-electron chi connectivity index (χ0n) is 10.5. The lowest BCUT2D eigenvalue weighted by Crippen LogP contribution is -2.26. The summed E-state index contributed by atoms with van der Waals surface area (Å²) < 4.78 is 0. The number of hydroxylamine groups is 2. The predicted molar refractivity (Wildman–Crippen MR) is 79.5 cm³/mol. The van der Waals surface area contributed by atoms with Gasteiger partial charge in [-0.15, -0.1) is 24.0 Å². The number of nitrogens with zero attached hydrogens (tertiary/aromatic N) is 2. The van der Waals surface area contributed by atoms with Crippen LogP contribution in [-0.2, 0) is 11.4 Å². The van der Waals surface area contributed by atoms with Crippen molar-refractivity contribution in [3.05, 3.63) is 47.3 Å². The van der Waals surface area contributed by atoms with E-state index in [4.69, 9.17) is 4.84 Å². The molecule has 1 heterocycles. The van der Waals surface area contributed by atoms with Crippen LogP contribution in [0.3, 0.4) is 0 Å². The van der Waals surface area contributed by atoms with E-state index in [0.29, 0.717) is 0 Å². The summed E-state index contributed by atoms with van der Waals surface area (Å²) in [6, 6.07) is 10.5. The Morgan fingerprint density at radius 3 is 2.29 bits per heavy atom. The molecule has 2 rings (SSSR count). The summed E-state index contributed by atoms with van der Waals surface area (Å²) in [4.78, 5) is 7.61. The summed E-state index contributed by atoms with van der Waals surface area (Å²) in [7, 11) is 1.71. The minimum Gasteiger partial charge on any atom is -0.349 e. The van der Waals surface area contributed by atoms with E-state index in [2.05, 4.69) is 43.0 Å². The predicted octanol–water partition coefficient (Wildman–Crippen LogP) is 3.19. The molecule has 0 saturated carbocycles. The van der Waals surface area contributed by atoms with Crippen LogP contribution in [0.2, 0.25) is 0 Å². The topological polar surface area (TPSA) is 15.7 Å². The first-order valence-corrected chi connectivity index (χ1v) is 5.50. The van der Waals surface area contributed by atoms with Crippen LogP contribution in [0.5, 0.6) is 0 Å². The normalized spacial score (nSPS) is 15.2. The van der Waals surface area contributed by atoms with E-state index in [0.717, 1.165) is 13.2 Å². The SMILES string of the molecule is CON1CN(Cc2ccccc2)C(C)=C1C.I. The van der Waals surface area contributed by atoms with Crippen LogP contribution < -0.4 is 0 Å². The minimum atomic E-state index is 0. The van der Waals surface area contributed by atoms with Gasteiger partial charge < -0.3 is 4.90 Å². The van der Waals surface area contributed by atoms with E-state index < -0.39 is 0 Å². The van der Waals surface area contributed by atoms with Gasteiger partial charge in [0.25, 0.3) is 0 Å². The van der Waals surface area contributed by atoms with E-state index in [1.165, 1.54) is 17.0 Å². The molecule has 0 spiro atoms. The molecule has 0 aliphatic carbocycles. The second kappa shape index (κ2) is 6.26. The molecule has 3 nitrogen and oxygen atoms in total. The largest absolute Gasteiger partial charge is 0.349 e. The number of halogens is 1. The minimum absolute atomic E-state index is 0. The maximum atomic E-state index is 5.30. The average molecular weight is 346 g/mol. The molecule has 0 fully saturated rings. The first kappa shape index (κ1) is 14.3. The molecule has 1 aromatic rings. The monoisotopic (exact) mass is 346 g/mol. The molecule has 0 atom stereocenters. The fraction of sp³-hybridized carbons (Fsp3) is 0.385. The highest BCUT2D eigenvalue weighted by Crippen LogP contribution is 2.24. The Bertz CT molecular complexity index is 392. The van der Waals surface area contributed by atoms with Gasteiger partial charge in [0.2, 0.25) is 0 Å². The molecular formula is C13H19IN2O. The van der Waals surface area contributed by atoms with Crippen molar-refractivity contribution in [2.45, 2.75) is 20.4 Å². The molecule has 4 heteroatoms. The molecule has 1 aliphatic heterocycles. The third-order valence-electron chi connectivity index (χ3n) is 3.11. The quantitative estimate of drug-likeness (QED) is 0.782. The molecule has 1 aromatic carbocycles. The van der Waals surface area contributed by atoms with Crippen molar-refractivity contribution in [1.29, 1.82) is 0 Å². The van der Waals surface area contributed by atoms with Crippen LogP contribution in [-0.4, -0.2) is 23.7 Å². The average Bonchev–Trinajstić information content (AvgIpc) is 2.58. The molecule has 0 bridgehead atoms. The Kier molecular flexibility index (Phi) is 5.27. The van der Waals surface area contributed by atoms with Crippen LogP contribution in [0.15, 0.2) is 41.7 Å². The zero-order valence-corrected chi connectivity index (χ0v) is 12.8. The van der Waals surface area contributed by atoms with Gasteiger partial charge in [-0.05, 0) is 19.4 Å². The van der Waals surface area contributed by atoms with Crippen LogP contribution in [0, 0.1) is 0 Å². The molecule has 0 amide bonds. The van der Waals surface area contributed by atoms with Gasteiger partial charge in [-0.3, -0.25) is 4.84 Å². The molecule has 1 aliphatic rings. The maximum Gasteiger partial charge on any atom is 0.116 e. The standard InChI is InChI=1S/C13H18N2O.HI/c1-11-12(2)15(16-3)10-14(11)9-13-7-5-4-6-8-13;/h4-8H,9-10H2,1-3H3;1H. The second-order valence-electron chi connectivity index (χ2n) is 4.06. The summed E-state index contributed by atoms with van der Waals surface area (Å²) in [5, 5.41) is 1.91. The van der Waals surface area contributed by atoms with Crippen LogP contribution >= 0.6 is 24.0 Å². The van der Waals surface area contributed by atoms with Crippen LogP contribution in [0.4, 0.5) is 0 Å². The van der Waals surface area contributed by atoms with Gasteiger partial charge >= 0.3 is 0 Å². The Balaban J connectivity index is 0.00000144. The van der Waals surface area contributed by atoms with Gasteiger partial charge in [0.05, 0.1) is 12.8 Å². The van der Waals surface area contributed by atoms with E-state index in [1.807, 2.05) is 11.1 Å². The summed E-state index contributed by atoms with van der Waals surface area (Å²) >= 11 is 0. The number of allylic oxidation sites excluding steroid dienone is 2. The Hall–Kier alpha value is -0.750.